The molecule has 2 atom stereocenters. The lowest BCUT2D eigenvalue weighted by molar-refractivity contribution is -0.125. The second-order valence-corrected chi connectivity index (χ2v) is 5.64. The highest BCUT2D eigenvalue weighted by atomic mass is 16.4. The molecule has 2 aliphatic rings. The van der Waals surface area contributed by atoms with E-state index in [9.17, 15) is 14.4 Å². The zero-order chi connectivity index (χ0) is 13.9. The van der Waals surface area contributed by atoms with E-state index in [-0.39, 0.29) is 34.6 Å². The lowest BCUT2D eigenvalue weighted by Crippen LogP contribution is -2.36. The van der Waals surface area contributed by atoms with Gasteiger partial charge in [-0.1, -0.05) is 19.9 Å². The van der Waals surface area contributed by atoms with Crippen molar-refractivity contribution in [3.8, 4) is 0 Å². The van der Waals surface area contributed by atoms with Crippen molar-refractivity contribution in [2.75, 3.05) is 4.90 Å². The number of aromatic carboxylic acids is 1. The van der Waals surface area contributed by atoms with Crippen LogP contribution in [0.3, 0.4) is 0 Å². The quantitative estimate of drug-likeness (QED) is 0.817. The van der Waals surface area contributed by atoms with Crippen LogP contribution in [0.4, 0.5) is 5.69 Å². The summed E-state index contributed by atoms with van der Waals surface area (Å²) in [5, 5.41) is 8.94. The van der Waals surface area contributed by atoms with Gasteiger partial charge in [-0.2, -0.15) is 0 Å². The number of carboxylic acid groups (broad SMARTS) is 1. The third-order valence-electron chi connectivity index (χ3n) is 4.15. The highest BCUT2D eigenvalue weighted by molar-refractivity contribution is 6.25. The molecule has 5 nitrogen and oxygen atoms in total. The van der Waals surface area contributed by atoms with Crippen molar-refractivity contribution in [2.45, 2.75) is 13.8 Å². The molecule has 19 heavy (non-hydrogen) atoms. The fraction of sp³-hybridized carbons (Fsp3) is 0.357. The van der Waals surface area contributed by atoms with Gasteiger partial charge in [-0.3, -0.25) is 9.59 Å². The molecule has 0 bridgehead atoms. The van der Waals surface area contributed by atoms with Gasteiger partial charge in [0.05, 0.1) is 23.1 Å². The number of carbonyl (C=O) groups excluding carboxylic acids is 2. The minimum absolute atomic E-state index is 0.0675. The Morgan fingerprint density at radius 3 is 2.32 bits per heavy atom. The number of anilines is 1. The Hall–Kier alpha value is -2.17. The maximum Gasteiger partial charge on any atom is 0.335 e. The van der Waals surface area contributed by atoms with Crippen molar-refractivity contribution in [1.29, 1.82) is 0 Å². The van der Waals surface area contributed by atoms with E-state index >= 15 is 0 Å². The standard InChI is InChI=1S/C14H13NO4/c1-14(2)9-10(14)12(17)15(11(9)16)8-5-3-4-7(6-8)13(18)19/h3-6,9-10H,1-2H3,(H,18,19)/t9-,10-/m0/s1. The van der Waals surface area contributed by atoms with Gasteiger partial charge in [0.1, 0.15) is 0 Å². The number of piperidine rings is 1. The maximum absolute atomic E-state index is 12.2. The molecule has 1 saturated heterocycles. The largest absolute Gasteiger partial charge is 0.478 e. The Bertz CT molecular complexity index is 596. The second-order valence-electron chi connectivity index (χ2n) is 5.64. The summed E-state index contributed by atoms with van der Waals surface area (Å²) in [5.74, 6) is -2.03. The Kier molecular flexibility index (Phi) is 2.15. The van der Waals surface area contributed by atoms with Crippen molar-refractivity contribution in [1.82, 2.24) is 0 Å². The highest BCUT2D eigenvalue weighted by Gasteiger charge is 2.72. The predicted octanol–water partition coefficient (Wildman–Crippen LogP) is 1.53. The fourth-order valence-corrected chi connectivity index (χ4v) is 2.98. The summed E-state index contributed by atoms with van der Waals surface area (Å²) in [5.41, 5.74) is 0.158. The molecule has 3 rings (SSSR count). The molecule has 5 heteroatoms. The van der Waals surface area contributed by atoms with Crippen LogP contribution < -0.4 is 4.90 Å². The first-order valence-corrected chi connectivity index (χ1v) is 6.07. The van der Waals surface area contributed by atoms with Crippen LogP contribution in [-0.4, -0.2) is 22.9 Å². The van der Waals surface area contributed by atoms with Gasteiger partial charge >= 0.3 is 5.97 Å². The number of carboxylic acids is 1. The predicted molar refractivity (Wildman–Crippen MR) is 66.7 cm³/mol. The van der Waals surface area contributed by atoms with Gasteiger partial charge in [-0.15, -0.1) is 0 Å². The summed E-state index contributed by atoms with van der Waals surface area (Å²) < 4.78 is 0. The van der Waals surface area contributed by atoms with Gasteiger partial charge in [-0.05, 0) is 23.6 Å². The van der Waals surface area contributed by atoms with Crippen LogP contribution in [0, 0.1) is 17.3 Å². The molecule has 0 radical (unpaired) electrons. The molecule has 0 aromatic heterocycles. The molecule has 98 valence electrons. The van der Waals surface area contributed by atoms with Crippen LogP contribution >= 0.6 is 0 Å². The van der Waals surface area contributed by atoms with E-state index in [1.165, 1.54) is 18.2 Å². The van der Waals surface area contributed by atoms with Crippen LogP contribution in [0.1, 0.15) is 24.2 Å². The lowest BCUT2D eigenvalue weighted by Gasteiger charge is -2.20. The normalized spacial score (nSPS) is 27.4. The average molecular weight is 259 g/mol. The van der Waals surface area contributed by atoms with Crippen molar-refractivity contribution in [3.63, 3.8) is 0 Å². The van der Waals surface area contributed by atoms with E-state index in [2.05, 4.69) is 0 Å². The topological polar surface area (TPSA) is 74.7 Å². The summed E-state index contributed by atoms with van der Waals surface area (Å²) in [7, 11) is 0. The van der Waals surface area contributed by atoms with Crippen molar-refractivity contribution in [3.05, 3.63) is 29.8 Å². The Balaban J connectivity index is 1.97. The molecule has 1 aliphatic carbocycles. The monoisotopic (exact) mass is 259 g/mol. The van der Waals surface area contributed by atoms with Crippen LogP contribution in [0.2, 0.25) is 0 Å². The smallest absolute Gasteiger partial charge is 0.335 e. The van der Waals surface area contributed by atoms with Crippen molar-refractivity contribution < 1.29 is 19.5 Å². The van der Waals surface area contributed by atoms with Gasteiger partial charge in [0.2, 0.25) is 11.8 Å². The minimum Gasteiger partial charge on any atom is -0.478 e. The first-order chi connectivity index (χ1) is 8.85. The molecule has 1 aromatic carbocycles. The molecule has 2 fully saturated rings. The summed E-state index contributed by atoms with van der Waals surface area (Å²) >= 11 is 0. The molecule has 1 aliphatic heterocycles. The fourth-order valence-electron chi connectivity index (χ4n) is 2.98. The Morgan fingerprint density at radius 1 is 1.21 bits per heavy atom. The van der Waals surface area contributed by atoms with Crippen molar-refractivity contribution >= 4 is 23.5 Å². The van der Waals surface area contributed by atoms with Crippen LogP contribution in [-0.2, 0) is 9.59 Å². The summed E-state index contributed by atoms with van der Waals surface area (Å²) in [4.78, 5) is 36.5. The van der Waals surface area contributed by atoms with Crippen molar-refractivity contribution in [2.24, 2.45) is 17.3 Å². The second kappa shape index (κ2) is 3.44. The van der Waals surface area contributed by atoms with E-state index < -0.39 is 5.97 Å². The van der Waals surface area contributed by atoms with Crippen LogP contribution in [0.25, 0.3) is 0 Å². The van der Waals surface area contributed by atoms with Gasteiger partial charge < -0.3 is 5.11 Å². The molecule has 1 saturated carbocycles. The number of carbonyl (C=O) groups is 3. The maximum atomic E-state index is 12.2. The molecular weight excluding hydrogens is 246 g/mol. The zero-order valence-electron chi connectivity index (χ0n) is 10.6. The molecular formula is C14H13NO4. The van der Waals surface area contributed by atoms with E-state index in [1.54, 1.807) is 6.07 Å². The number of benzene rings is 1. The zero-order valence-corrected chi connectivity index (χ0v) is 10.6. The number of hydrogen-bond acceptors (Lipinski definition) is 3. The summed E-state index contributed by atoms with van der Waals surface area (Å²) in [6.07, 6.45) is 0. The minimum atomic E-state index is -1.08. The number of rotatable bonds is 2. The first-order valence-electron chi connectivity index (χ1n) is 6.07. The van der Waals surface area contributed by atoms with E-state index in [0.29, 0.717) is 5.69 Å². The molecule has 0 spiro atoms. The average Bonchev–Trinajstić information content (AvgIpc) is 2.79. The highest BCUT2D eigenvalue weighted by Crippen LogP contribution is 2.63. The molecule has 2 amide bonds. The lowest BCUT2D eigenvalue weighted by atomic mass is 10.0. The number of nitrogens with zero attached hydrogens (tertiary/aromatic N) is 1. The van der Waals surface area contributed by atoms with E-state index in [0.717, 1.165) is 4.90 Å². The number of imide groups is 1. The summed E-state index contributed by atoms with van der Waals surface area (Å²) in [6, 6.07) is 5.91. The van der Waals surface area contributed by atoms with Gasteiger partial charge in [0, 0.05) is 0 Å². The van der Waals surface area contributed by atoms with Crippen LogP contribution in [0.15, 0.2) is 24.3 Å². The number of amides is 2. The third kappa shape index (κ3) is 1.44. The van der Waals surface area contributed by atoms with E-state index in [4.69, 9.17) is 5.11 Å². The Morgan fingerprint density at radius 2 is 1.79 bits per heavy atom. The summed E-state index contributed by atoms with van der Waals surface area (Å²) in [6.45, 7) is 3.81. The van der Waals surface area contributed by atoms with Gasteiger partial charge in [0.15, 0.2) is 0 Å². The third-order valence-corrected chi connectivity index (χ3v) is 4.15. The number of hydrogen-bond donors (Lipinski definition) is 1. The SMILES string of the molecule is CC1(C)[C@@H]2C(=O)N(c3cccc(C(=O)O)c3)C(=O)[C@H]21. The molecule has 1 aromatic rings. The molecule has 0 unspecified atom stereocenters. The first kappa shape index (κ1) is 11.9. The van der Waals surface area contributed by atoms with Gasteiger partial charge in [0.25, 0.3) is 0 Å². The number of fused-ring (bicyclic) bond motifs is 1. The van der Waals surface area contributed by atoms with Crippen LogP contribution in [0.5, 0.6) is 0 Å². The van der Waals surface area contributed by atoms with E-state index in [1.807, 2.05) is 13.8 Å². The Labute approximate surface area is 109 Å². The molecule has 1 N–H and O–H groups in total. The van der Waals surface area contributed by atoms with Gasteiger partial charge in [-0.25, -0.2) is 9.69 Å². The molecule has 1 heterocycles.